The smallest absolute Gasteiger partial charge is 0.251 e. The van der Waals surface area contributed by atoms with Gasteiger partial charge in [0.1, 0.15) is 0 Å². The van der Waals surface area contributed by atoms with E-state index >= 15 is 0 Å². The number of carbonyl (C=O) groups excluding carboxylic acids is 1. The summed E-state index contributed by atoms with van der Waals surface area (Å²) in [6.07, 6.45) is 5.02. The first-order chi connectivity index (χ1) is 6.18. The van der Waals surface area contributed by atoms with Crippen LogP contribution in [0.2, 0.25) is 0 Å². The number of rotatable bonds is 0. The molecule has 13 heavy (non-hydrogen) atoms. The molecule has 2 nitrogen and oxygen atoms in total. The van der Waals surface area contributed by atoms with Crippen LogP contribution in [0.25, 0.3) is 0 Å². The average molecular weight is 175 g/mol. The summed E-state index contributed by atoms with van der Waals surface area (Å²) in [5, 5.41) is 2.81. The molecule has 1 amide bonds. The minimum Gasteiger partial charge on any atom is -0.349 e. The summed E-state index contributed by atoms with van der Waals surface area (Å²) in [5.41, 5.74) is 4.63. The van der Waals surface area contributed by atoms with Gasteiger partial charge in [-0.15, -0.1) is 0 Å². The zero-order chi connectivity index (χ0) is 9.42. The Kier molecular flexibility index (Phi) is 1.83. The topological polar surface area (TPSA) is 29.1 Å². The van der Waals surface area contributed by atoms with Gasteiger partial charge in [-0.3, -0.25) is 4.79 Å². The van der Waals surface area contributed by atoms with Crippen LogP contribution in [-0.2, 0) is 4.79 Å². The van der Waals surface area contributed by atoms with E-state index in [1.54, 1.807) is 0 Å². The van der Waals surface area contributed by atoms with Crippen molar-refractivity contribution in [3.05, 3.63) is 34.4 Å². The van der Waals surface area contributed by atoms with E-state index in [0.29, 0.717) is 6.54 Å². The van der Waals surface area contributed by atoms with Crippen molar-refractivity contribution in [2.24, 2.45) is 0 Å². The molecule has 0 spiro atoms. The fraction of sp³-hybridized carbons (Fsp3) is 0.364. The summed E-state index contributed by atoms with van der Waals surface area (Å²) >= 11 is 0. The van der Waals surface area contributed by atoms with Gasteiger partial charge in [0.05, 0.1) is 0 Å². The fourth-order valence-electron chi connectivity index (χ4n) is 1.71. The van der Waals surface area contributed by atoms with Gasteiger partial charge in [-0.25, -0.2) is 0 Å². The molecule has 0 bridgehead atoms. The number of carbonyl (C=O) groups is 1. The molecule has 2 rings (SSSR count). The van der Waals surface area contributed by atoms with Crippen LogP contribution in [0.15, 0.2) is 34.4 Å². The fourth-order valence-corrected chi connectivity index (χ4v) is 1.71. The van der Waals surface area contributed by atoms with E-state index in [9.17, 15) is 4.79 Å². The van der Waals surface area contributed by atoms with Crippen LogP contribution in [0, 0.1) is 0 Å². The van der Waals surface area contributed by atoms with Gasteiger partial charge in [0, 0.05) is 12.1 Å². The standard InChI is InChI=1S/C11H13NO/c1-7-5-9-3-4-12-11(13)10(9)6-8(7)2/h3,6H,4-5H2,1-2H3,(H,12,13). The second kappa shape index (κ2) is 2.87. The molecule has 1 aliphatic carbocycles. The SMILES string of the molecule is CC1=C(C)CC2=CCNC(=O)C2=C1. The molecule has 2 heteroatoms. The Labute approximate surface area is 78.0 Å². The van der Waals surface area contributed by atoms with Gasteiger partial charge < -0.3 is 5.32 Å². The molecule has 1 heterocycles. The number of hydrogen-bond donors (Lipinski definition) is 1. The Morgan fingerprint density at radius 2 is 2.15 bits per heavy atom. The van der Waals surface area contributed by atoms with Gasteiger partial charge in [0.2, 0.25) is 0 Å². The molecule has 0 fully saturated rings. The highest BCUT2D eigenvalue weighted by atomic mass is 16.1. The Bertz CT molecular complexity index is 358. The second-order valence-electron chi connectivity index (χ2n) is 3.64. The number of fused-ring (bicyclic) bond motifs is 1. The summed E-state index contributed by atoms with van der Waals surface area (Å²) in [4.78, 5) is 11.4. The van der Waals surface area contributed by atoms with E-state index in [1.807, 2.05) is 6.08 Å². The molecular weight excluding hydrogens is 162 g/mol. The lowest BCUT2D eigenvalue weighted by atomic mass is 9.87. The maximum absolute atomic E-state index is 11.4. The molecule has 0 aromatic heterocycles. The Morgan fingerprint density at radius 3 is 2.92 bits per heavy atom. The lowest BCUT2D eigenvalue weighted by Gasteiger charge is -2.22. The molecule has 2 aliphatic rings. The summed E-state index contributed by atoms with van der Waals surface area (Å²) in [5.74, 6) is 0.0735. The molecule has 0 atom stereocenters. The lowest BCUT2D eigenvalue weighted by molar-refractivity contribution is -0.117. The highest BCUT2D eigenvalue weighted by molar-refractivity contribution is 6.00. The van der Waals surface area contributed by atoms with Gasteiger partial charge in [-0.05, 0) is 31.9 Å². The van der Waals surface area contributed by atoms with Crippen molar-refractivity contribution in [2.75, 3.05) is 6.54 Å². The van der Waals surface area contributed by atoms with Crippen molar-refractivity contribution >= 4 is 5.91 Å². The molecular formula is C11H13NO. The van der Waals surface area contributed by atoms with E-state index in [2.05, 4.69) is 25.2 Å². The van der Waals surface area contributed by atoms with Gasteiger partial charge in [0.25, 0.3) is 5.91 Å². The molecule has 0 unspecified atom stereocenters. The summed E-state index contributed by atoms with van der Waals surface area (Å²) < 4.78 is 0. The minimum atomic E-state index is 0.0735. The number of hydrogen-bond acceptors (Lipinski definition) is 1. The quantitative estimate of drug-likeness (QED) is 0.596. The van der Waals surface area contributed by atoms with E-state index in [-0.39, 0.29) is 5.91 Å². The minimum absolute atomic E-state index is 0.0735. The Morgan fingerprint density at radius 1 is 1.38 bits per heavy atom. The van der Waals surface area contributed by atoms with Crippen LogP contribution < -0.4 is 5.32 Å². The van der Waals surface area contributed by atoms with Crippen molar-refractivity contribution in [3.63, 3.8) is 0 Å². The maximum atomic E-state index is 11.4. The summed E-state index contributed by atoms with van der Waals surface area (Å²) in [6.45, 7) is 4.86. The van der Waals surface area contributed by atoms with Gasteiger partial charge in [-0.2, -0.15) is 0 Å². The molecule has 0 saturated heterocycles. The van der Waals surface area contributed by atoms with Crippen LogP contribution in [0.4, 0.5) is 0 Å². The van der Waals surface area contributed by atoms with Crippen LogP contribution in [0.5, 0.6) is 0 Å². The molecule has 1 aliphatic heterocycles. The zero-order valence-corrected chi connectivity index (χ0v) is 7.98. The third kappa shape index (κ3) is 1.32. The highest BCUT2D eigenvalue weighted by Gasteiger charge is 2.21. The van der Waals surface area contributed by atoms with E-state index < -0.39 is 0 Å². The van der Waals surface area contributed by atoms with Crippen molar-refractivity contribution in [3.8, 4) is 0 Å². The second-order valence-corrected chi connectivity index (χ2v) is 3.64. The number of amides is 1. The van der Waals surface area contributed by atoms with Crippen molar-refractivity contribution in [1.29, 1.82) is 0 Å². The molecule has 0 saturated carbocycles. The van der Waals surface area contributed by atoms with Crippen molar-refractivity contribution in [2.45, 2.75) is 20.3 Å². The third-order valence-corrected chi connectivity index (χ3v) is 2.69. The Balaban J connectivity index is 2.47. The van der Waals surface area contributed by atoms with Crippen molar-refractivity contribution in [1.82, 2.24) is 5.32 Å². The third-order valence-electron chi connectivity index (χ3n) is 2.69. The summed E-state index contributed by atoms with van der Waals surface area (Å²) in [7, 11) is 0. The van der Waals surface area contributed by atoms with E-state index in [0.717, 1.165) is 12.0 Å². The normalized spacial score (nSPS) is 21.8. The highest BCUT2D eigenvalue weighted by Crippen LogP contribution is 2.29. The van der Waals surface area contributed by atoms with E-state index in [4.69, 9.17) is 0 Å². The predicted molar refractivity (Wildman–Crippen MR) is 52.2 cm³/mol. The molecule has 0 aromatic carbocycles. The molecule has 68 valence electrons. The van der Waals surface area contributed by atoms with Crippen LogP contribution in [0.1, 0.15) is 20.3 Å². The number of allylic oxidation sites excluding steroid dienone is 3. The zero-order valence-electron chi connectivity index (χ0n) is 7.98. The van der Waals surface area contributed by atoms with Crippen LogP contribution >= 0.6 is 0 Å². The van der Waals surface area contributed by atoms with Crippen LogP contribution in [-0.4, -0.2) is 12.5 Å². The first kappa shape index (κ1) is 8.30. The van der Waals surface area contributed by atoms with E-state index in [1.165, 1.54) is 16.7 Å². The molecule has 1 N–H and O–H groups in total. The average Bonchev–Trinajstić information content (AvgIpc) is 2.09. The largest absolute Gasteiger partial charge is 0.349 e. The first-order valence-electron chi connectivity index (χ1n) is 4.54. The Hall–Kier alpha value is -1.31. The lowest BCUT2D eigenvalue weighted by Crippen LogP contribution is -2.31. The first-order valence-corrected chi connectivity index (χ1v) is 4.54. The van der Waals surface area contributed by atoms with Gasteiger partial charge in [-0.1, -0.05) is 17.2 Å². The predicted octanol–water partition coefficient (Wildman–Crippen LogP) is 1.71. The molecule has 0 radical (unpaired) electrons. The van der Waals surface area contributed by atoms with Gasteiger partial charge in [0.15, 0.2) is 0 Å². The maximum Gasteiger partial charge on any atom is 0.251 e. The van der Waals surface area contributed by atoms with Crippen molar-refractivity contribution < 1.29 is 4.79 Å². The molecule has 0 aromatic rings. The van der Waals surface area contributed by atoms with Gasteiger partial charge >= 0.3 is 0 Å². The van der Waals surface area contributed by atoms with Crippen LogP contribution in [0.3, 0.4) is 0 Å². The monoisotopic (exact) mass is 175 g/mol. The number of nitrogens with one attached hydrogen (secondary N) is 1. The summed E-state index contributed by atoms with van der Waals surface area (Å²) in [6, 6.07) is 0.